The van der Waals surface area contributed by atoms with Crippen LogP contribution >= 0.6 is 0 Å². The lowest BCUT2D eigenvalue weighted by Gasteiger charge is -2.27. The molecule has 27 heavy (non-hydrogen) atoms. The first-order valence-corrected chi connectivity index (χ1v) is 9.03. The second kappa shape index (κ2) is 6.74. The summed E-state index contributed by atoms with van der Waals surface area (Å²) in [5.41, 5.74) is -0.977. The van der Waals surface area contributed by atoms with Gasteiger partial charge in [0, 0.05) is 5.69 Å². The molecule has 1 atom stereocenters. The molecule has 1 amide bonds. The maximum atomic E-state index is 12.9. The SMILES string of the molecule is COc1ccc(NC(=O)[C@@H]2Nc3cc(C(F)(F)F)ccc3S(=O)(=O)N2)cc1. The highest BCUT2D eigenvalue weighted by molar-refractivity contribution is 7.89. The van der Waals surface area contributed by atoms with Crippen molar-refractivity contribution in [3.05, 3.63) is 48.0 Å². The van der Waals surface area contributed by atoms with Crippen molar-refractivity contribution in [3.8, 4) is 5.75 Å². The zero-order valence-corrected chi connectivity index (χ0v) is 14.6. The molecule has 0 fully saturated rings. The Morgan fingerprint density at radius 1 is 1.15 bits per heavy atom. The molecule has 11 heteroatoms. The predicted molar refractivity (Wildman–Crippen MR) is 90.8 cm³/mol. The molecule has 3 N–H and O–H groups in total. The van der Waals surface area contributed by atoms with Gasteiger partial charge in [0.05, 0.1) is 18.4 Å². The average Bonchev–Trinajstić information content (AvgIpc) is 2.60. The van der Waals surface area contributed by atoms with Crippen LogP contribution < -0.4 is 20.1 Å². The van der Waals surface area contributed by atoms with E-state index in [1.807, 2.05) is 0 Å². The highest BCUT2D eigenvalue weighted by Crippen LogP contribution is 2.35. The van der Waals surface area contributed by atoms with E-state index in [-0.39, 0.29) is 10.6 Å². The molecule has 1 aliphatic rings. The van der Waals surface area contributed by atoms with Gasteiger partial charge >= 0.3 is 6.18 Å². The molecule has 0 radical (unpaired) electrons. The van der Waals surface area contributed by atoms with Gasteiger partial charge in [-0.05, 0) is 42.5 Å². The minimum atomic E-state index is -4.65. The van der Waals surface area contributed by atoms with Gasteiger partial charge < -0.3 is 15.4 Å². The van der Waals surface area contributed by atoms with Crippen LogP contribution in [0.1, 0.15) is 5.56 Å². The third kappa shape index (κ3) is 3.98. The molecule has 0 saturated heterocycles. The summed E-state index contributed by atoms with van der Waals surface area (Å²) < 4.78 is 70.2. The number of carbonyl (C=O) groups is 1. The van der Waals surface area contributed by atoms with E-state index in [1.165, 1.54) is 19.2 Å². The molecule has 2 aromatic carbocycles. The molecule has 0 aliphatic carbocycles. The second-order valence-electron chi connectivity index (χ2n) is 5.63. The molecule has 2 aromatic rings. The maximum Gasteiger partial charge on any atom is 0.416 e. The Morgan fingerprint density at radius 3 is 2.41 bits per heavy atom. The second-order valence-corrected chi connectivity index (χ2v) is 7.31. The zero-order valence-electron chi connectivity index (χ0n) is 13.8. The Bertz CT molecular complexity index is 975. The number of alkyl halides is 3. The normalized spacial score (nSPS) is 18.1. The lowest BCUT2D eigenvalue weighted by Crippen LogP contribution is -2.51. The number of rotatable bonds is 3. The maximum absolute atomic E-state index is 12.9. The number of anilines is 2. The van der Waals surface area contributed by atoms with E-state index in [4.69, 9.17) is 4.74 Å². The average molecular weight is 401 g/mol. The molecule has 1 heterocycles. The number of halogens is 3. The zero-order chi connectivity index (χ0) is 19.8. The summed E-state index contributed by atoms with van der Waals surface area (Å²) in [5, 5.41) is 4.95. The number of sulfonamides is 1. The molecule has 3 rings (SSSR count). The summed E-state index contributed by atoms with van der Waals surface area (Å²) in [6, 6.07) is 8.38. The third-order valence-electron chi connectivity index (χ3n) is 3.79. The number of hydrogen-bond donors (Lipinski definition) is 3. The standard InChI is InChI=1S/C16H14F3N3O4S/c1-26-11-5-3-10(4-6-11)20-15(23)14-21-12-8-9(16(17,18)19)2-7-13(12)27(24,25)22-14/h2-8,14,21-22H,1H3,(H,20,23)/t14-/m1/s1. The summed E-state index contributed by atoms with van der Waals surface area (Å²) in [6.07, 6.45) is -6.13. The van der Waals surface area contributed by atoms with E-state index in [1.54, 1.807) is 12.1 Å². The number of nitrogens with one attached hydrogen (secondary N) is 3. The Balaban J connectivity index is 1.85. The monoisotopic (exact) mass is 401 g/mol. The molecule has 7 nitrogen and oxygen atoms in total. The highest BCUT2D eigenvalue weighted by atomic mass is 32.2. The highest BCUT2D eigenvalue weighted by Gasteiger charge is 2.37. The Kier molecular flexibility index (Phi) is 4.74. The van der Waals surface area contributed by atoms with Crippen LogP contribution in [0.15, 0.2) is 47.4 Å². The lowest BCUT2D eigenvalue weighted by molar-refractivity contribution is -0.137. The third-order valence-corrected chi connectivity index (χ3v) is 5.27. The van der Waals surface area contributed by atoms with Gasteiger partial charge in [0.25, 0.3) is 5.91 Å². The predicted octanol–water partition coefficient (Wildman–Crippen LogP) is 2.38. The summed E-state index contributed by atoms with van der Waals surface area (Å²) in [6.45, 7) is 0. The number of carbonyl (C=O) groups excluding carboxylic acids is 1. The summed E-state index contributed by atoms with van der Waals surface area (Å²) in [5.74, 6) is -0.232. The van der Waals surface area contributed by atoms with Crippen molar-refractivity contribution < 1.29 is 31.1 Å². The first-order chi connectivity index (χ1) is 12.6. The molecule has 0 unspecified atom stereocenters. The summed E-state index contributed by atoms with van der Waals surface area (Å²) in [7, 11) is -2.69. The van der Waals surface area contributed by atoms with Crippen molar-refractivity contribution in [1.29, 1.82) is 0 Å². The topological polar surface area (TPSA) is 96.5 Å². The Morgan fingerprint density at radius 2 is 1.81 bits per heavy atom. The van der Waals surface area contributed by atoms with Gasteiger partial charge in [-0.3, -0.25) is 4.79 Å². The van der Waals surface area contributed by atoms with E-state index >= 15 is 0 Å². The smallest absolute Gasteiger partial charge is 0.416 e. The van der Waals surface area contributed by atoms with Crippen LogP contribution in [0, 0.1) is 0 Å². The molecule has 0 aromatic heterocycles. The van der Waals surface area contributed by atoms with Crippen LogP contribution in [0.4, 0.5) is 24.5 Å². The van der Waals surface area contributed by atoms with E-state index in [0.29, 0.717) is 23.6 Å². The number of hydrogen-bond acceptors (Lipinski definition) is 5. The molecule has 1 aliphatic heterocycles. The fraction of sp³-hybridized carbons (Fsp3) is 0.188. The number of amides is 1. The fourth-order valence-corrected chi connectivity index (χ4v) is 3.72. The van der Waals surface area contributed by atoms with Crippen LogP contribution in [-0.4, -0.2) is 27.6 Å². The van der Waals surface area contributed by atoms with Crippen LogP contribution in [0.2, 0.25) is 0 Å². The Hall–Kier alpha value is -2.79. The van der Waals surface area contributed by atoms with Crippen molar-refractivity contribution in [3.63, 3.8) is 0 Å². The summed E-state index contributed by atoms with van der Waals surface area (Å²) in [4.78, 5) is 12.0. The Labute approximate surface area is 152 Å². The van der Waals surface area contributed by atoms with Gasteiger partial charge in [0.15, 0.2) is 6.17 Å². The van der Waals surface area contributed by atoms with Crippen LogP contribution in [0.3, 0.4) is 0 Å². The number of benzene rings is 2. The first-order valence-electron chi connectivity index (χ1n) is 7.55. The molecule has 0 bridgehead atoms. The molecular formula is C16H14F3N3O4S. The van der Waals surface area contributed by atoms with Crippen molar-refractivity contribution in [1.82, 2.24) is 4.72 Å². The van der Waals surface area contributed by atoms with E-state index < -0.39 is 33.8 Å². The lowest BCUT2D eigenvalue weighted by atomic mass is 10.2. The molecule has 0 spiro atoms. The van der Waals surface area contributed by atoms with Gasteiger partial charge in [0.2, 0.25) is 10.0 Å². The number of methoxy groups -OCH3 is 1. The van der Waals surface area contributed by atoms with Gasteiger partial charge in [0.1, 0.15) is 10.6 Å². The molecule has 144 valence electrons. The molecule has 0 saturated carbocycles. The van der Waals surface area contributed by atoms with Crippen molar-refractivity contribution in [2.45, 2.75) is 17.2 Å². The first kappa shape index (κ1) is 19.0. The minimum absolute atomic E-state index is 0.307. The van der Waals surface area contributed by atoms with E-state index in [2.05, 4.69) is 15.4 Å². The van der Waals surface area contributed by atoms with Gasteiger partial charge in [-0.25, -0.2) is 8.42 Å². The van der Waals surface area contributed by atoms with E-state index in [9.17, 15) is 26.4 Å². The van der Waals surface area contributed by atoms with Crippen LogP contribution in [0.25, 0.3) is 0 Å². The molecular weight excluding hydrogens is 387 g/mol. The number of ether oxygens (including phenoxy) is 1. The summed E-state index contributed by atoms with van der Waals surface area (Å²) >= 11 is 0. The van der Waals surface area contributed by atoms with Gasteiger partial charge in [-0.15, -0.1) is 0 Å². The quantitative estimate of drug-likeness (QED) is 0.734. The minimum Gasteiger partial charge on any atom is -0.497 e. The van der Waals surface area contributed by atoms with Crippen molar-refractivity contribution in [2.75, 3.05) is 17.7 Å². The van der Waals surface area contributed by atoms with Gasteiger partial charge in [-0.1, -0.05) is 0 Å². The number of fused-ring (bicyclic) bond motifs is 1. The van der Waals surface area contributed by atoms with Crippen molar-refractivity contribution >= 4 is 27.3 Å². The fourth-order valence-electron chi connectivity index (χ4n) is 2.46. The van der Waals surface area contributed by atoms with E-state index in [0.717, 1.165) is 6.07 Å². The van der Waals surface area contributed by atoms with Gasteiger partial charge in [-0.2, -0.15) is 17.9 Å². The van der Waals surface area contributed by atoms with Crippen LogP contribution in [0.5, 0.6) is 5.75 Å². The van der Waals surface area contributed by atoms with Crippen LogP contribution in [-0.2, 0) is 21.0 Å². The van der Waals surface area contributed by atoms with Crippen molar-refractivity contribution in [2.24, 2.45) is 0 Å². The largest absolute Gasteiger partial charge is 0.497 e.